The molecule has 1 amide bonds. The third-order valence-corrected chi connectivity index (χ3v) is 4.26. The zero-order valence-corrected chi connectivity index (χ0v) is 16.9. The summed E-state index contributed by atoms with van der Waals surface area (Å²) in [6, 6.07) is 6.89. The van der Waals surface area contributed by atoms with E-state index in [9.17, 15) is 9.90 Å². The van der Waals surface area contributed by atoms with Gasteiger partial charge in [-0.1, -0.05) is 51.9 Å². The number of carbonyl (C=O) groups excluding carboxylic acids is 1. The lowest BCUT2D eigenvalue weighted by Crippen LogP contribution is -2.41. The molecule has 1 unspecified atom stereocenters. The lowest BCUT2D eigenvalue weighted by Gasteiger charge is -2.30. The number of rotatable bonds is 6. The molecular formula is C21H34N2O3. The molecule has 0 saturated carbocycles. The fourth-order valence-electron chi connectivity index (χ4n) is 2.99. The number of amides is 1. The van der Waals surface area contributed by atoms with Crippen LogP contribution < -0.4 is 0 Å². The van der Waals surface area contributed by atoms with Gasteiger partial charge in [0.25, 0.3) is 0 Å². The summed E-state index contributed by atoms with van der Waals surface area (Å²) >= 11 is 0. The highest BCUT2D eigenvalue weighted by molar-refractivity contribution is 5.87. The molecule has 26 heavy (non-hydrogen) atoms. The van der Waals surface area contributed by atoms with Gasteiger partial charge >= 0.3 is 0 Å². The van der Waals surface area contributed by atoms with Crippen LogP contribution in [-0.2, 0) is 16.2 Å². The Labute approximate surface area is 158 Å². The number of oxime groups is 1. The van der Waals surface area contributed by atoms with E-state index in [2.05, 4.69) is 19.0 Å². The molecule has 1 saturated heterocycles. The van der Waals surface area contributed by atoms with Crippen molar-refractivity contribution >= 4 is 11.6 Å². The molecule has 1 fully saturated rings. The molecule has 1 aromatic carbocycles. The monoisotopic (exact) mass is 362 g/mol. The van der Waals surface area contributed by atoms with Crippen LogP contribution in [0.5, 0.6) is 5.75 Å². The molecule has 0 spiro atoms. The Morgan fingerprint density at radius 1 is 1.15 bits per heavy atom. The van der Waals surface area contributed by atoms with Crippen LogP contribution in [0.4, 0.5) is 0 Å². The maximum absolute atomic E-state index is 12.4. The Hall–Kier alpha value is -2.04. The van der Waals surface area contributed by atoms with Crippen molar-refractivity contribution in [1.29, 1.82) is 0 Å². The summed E-state index contributed by atoms with van der Waals surface area (Å²) in [4.78, 5) is 19.7. The van der Waals surface area contributed by atoms with Crippen LogP contribution >= 0.6 is 0 Å². The summed E-state index contributed by atoms with van der Waals surface area (Å²) in [5, 5.41) is 13.4. The second-order valence-corrected chi connectivity index (χ2v) is 6.95. The van der Waals surface area contributed by atoms with Gasteiger partial charge in [0.15, 0.2) is 0 Å². The van der Waals surface area contributed by atoms with Gasteiger partial charge in [0.2, 0.25) is 5.91 Å². The summed E-state index contributed by atoms with van der Waals surface area (Å²) in [6.07, 6.45) is 2.48. The normalized spacial score (nSPS) is 15.2. The third kappa shape index (κ3) is 7.46. The fourth-order valence-corrected chi connectivity index (χ4v) is 2.99. The SMILES string of the molecule is CC.CC(C)CC(C)C(=O)N1CCC(=NOCc2ccc(O)cc2)CC1. The van der Waals surface area contributed by atoms with E-state index in [4.69, 9.17) is 4.84 Å². The Morgan fingerprint density at radius 3 is 2.27 bits per heavy atom. The molecule has 1 atom stereocenters. The first-order valence-corrected chi connectivity index (χ1v) is 9.70. The van der Waals surface area contributed by atoms with Gasteiger partial charge in [0, 0.05) is 31.8 Å². The molecule has 2 rings (SSSR count). The molecule has 0 aliphatic carbocycles. The lowest BCUT2D eigenvalue weighted by molar-refractivity contribution is -0.135. The third-order valence-electron chi connectivity index (χ3n) is 4.26. The first-order valence-electron chi connectivity index (χ1n) is 9.70. The predicted octanol–water partition coefficient (Wildman–Crippen LogP) is 4.60. The standard InChI is InChI=1S/C19H28N2O3.C2H6/c1-14(2)12-15(3)19(23)21-10-8-17(9-11-21)20-24-13-16-4-6-18(22)7-5-16;1-2/h4-7,14-15,22H,8-13H2,1-3H3;1-2H3. The van der Waals surface area contributed by atoms with Crippen LogP contribution in [0.3, 0.4) is 0 Å². The number of carbonyl (C=O) groups is 1. The summed E-state index contributed by atoms with van der Waals surface area (Å²) in [5.41, 5.74) is 1.97. The van der Waals surface area contributed by atoms with E-state index in [1.165, 1.54) is 0 Å². The number of hydrogen-bond acceptors (Lipinski definition) is 4. The van der Waals surface area contributed by atoms with Gasteiger partial charge in [0.1, 0.15) is 12.4 Å². The number of piperidine rings is 1. The number of aromatic hydroxyl groups is 1. The van der Waals surface area contributed by atoms with Crippen molar-refractivity contribution in [3.8, 4) is 5.75 Å². The molecular weight excluding hydrogens is 328 g/mol. The van der Waals surface area contributed by atoms with Crippen LogP contribution in [0.25, 0.3) is 0 Å². The van der Waals surface area contributed by atoms with Gasteiger partial charge in [-0.05, 0) is 30.0 Å². The zero-order valence-electron chi connectivity index (χ0n) is 16.9. The predicted molar refractivity (Wildman–Crippen MR) is 106 cm³/mol. The van der Waals surface area contributed by atoms with E-state index in [1.54, 1.807) is 12.1 Å². The number of likely N-dealkylation sites (tertiary alicyclic amines) is 1. The van der Waals surface area contributed by atoms with Gasteiger partial charge < -0.3 is 14.8 Å². The highest BCUT2D eigenvalue weighted by atomic mass is 16.6. The quantitative estimate of drug-likeness (QED) is 0.753. The molecule has 1 heterocycles. The van der Waals surface area contributed by atoms with Crippen molar-refractivity contribution in [2.24, 2.45) is 17.0 Å². The topological polar surface area (TPSA) is 62.1 Å². The fraction of sp³-hybridized carbons (Fsp3) is 0.619. The van der Waals surface area contributed by atoms with E-state index in [-0.39, 0.29) is 17.6 Å². The molecule has 1 aliphatic heterocycles. The first-order chi connectivity index (χ1) is 12.5. The van der Waals surface area contributed by atoms with Crippen molar-refractivity contribution in [3.63, 3.8) is 0 Å². The second kappa shape index (κ2) is 11.6. The van der Waals surface area contributed by atoms with Crippen LogP contribution in [-0.4, -0.2) is 34.7 Å². The average molecular weight is 363 g/mol. The Balaban J connectivity index is 0.00000163. The minimum atomic E-state index is 0.0919. The minimum Gasteiger partial charge on any atom is -0.508 e. The van der Waals surface area contributed by atoms with Gasteiger partial charge in [-0.3, -0.25) is 4.79 Å². The molecule has 146 valence electrons. The van der Waals surface area contributed by atoms with E-state index < -0.39 is 0 Å². The molecule has 0 aromatic heterocycles. The summed E-state index contributed by atoms with van der Waals surface area (Å²) in [6.45, 7) is 12.2. The average Bonchev–Trinajstić information content (AvgIpc) is 2.64. The van der Waals surface area contributed by atoms with E-state index in [0.717, 1.165) is 43.6 Å². The summed E-state index contributed by atoms with van der Waals surface area (Å²) in [5.74, 6) is 1.13. The lowest BCUT2D eigenvalue weighted by atomic mass is 9.96. The highest BCUT2D eigenvalue weighted by Gasteiger charge is 2.24. The summed E-state index contributed by atoms with van der Waals surface area (Å²) in [7, 11) is 0. The molecule has 5 nitrogen and oxygen atoms in total. The van der Waals surface area contributed by atoms with E-state index in [1.807, 2.05) is 37.8 Å². The largest absolute Gasteiger partial charge is 0.508 e. The van der Waals surface area contributed by atoms with Crippen molar-refractivity contribution in [1.82, 2.24) is 4.90 Å². The van der Waals surface area contributed by atoms with E-state index >= 15 is 0 Å². The van der Waals surface area contributed by atoms with Crippen LogP contribution in [0.1, 0.15) is 59.4 Å². The summed E-state index contributed by atoms with van der Waals surface area (Å²) < 4.78 is 0. The Bertz CT molecular complexity index is 557. The molecule has 0 bridgehead atoms. The van der Waals surface area contributed by atoms with Crippen molar-refractivity contribution in [2.45, 2.75) is 60.5 Å². The zero-order chi connectivity index (χ0) is 19.5. The first kappa shape index (κ1) is 22.0. The number of benzene rings is 1. The van der Waals surface area contributed by atoms with Crippen molar-refractivity contribution < 1.29 is 14.7 Å². The van der Waals surface area contributed by atoms with Gasteiger partial charge in [-0.25, -0.2) is 0 Å². The maximum atomic E-state index is 12.4. The number of phenols is 1. The molecule has 5 heteroatoms. The number of phenolic OH excluding ortho intramolecular Hbond substituents is 1. The molecule has 1 N–H and O–H groups in total. The van der Waals surface area contributed by atoms with E-state index in [0.29, 0.717) is 12.5 Å². The van der Waals surface area contributed by atoms with Crippen LogP contribution in [0, 0.1) is 11.8 Å². The van der Waals surface area contributed by atoms with Crippen molar-refractivity contribution in [3.05, 3.63) is 29.8 Å². The van der Waals surface area contributed by atoms with Gasteiger partial charge in [-0.15, -0.1) is 0 Å². The number of nitrogens with zero attached hydrogens (tertiary/aromatic N) is 2. The Kier molecular flexibility index (Phi) is 9.78. The van der Waals surface area contributed by atoms with Crippen LogP contribution in [0.2, 0.25) is 0 Å². The van der Waals surface area contributed by atoms with Crippen molar-refractivity contribution in [2.75, 3.05) is 13.1 Å². The smallest absolute Gasteiger partial charge is 0.225 e. The number of hydrogen-bond donors (Lipinski definition) is 1. The molecule has 0 radical (unpaired) electrons. The molecule has 1 aromatic rings. The Morgan fingerprint density at radius 2 is 1.73 bits per heavy atom. The second-order valence-electron chi connectivity index (χ2n) is 6.95. The maximum Gasteiger partial charge on any atom is 0.225 e. The molecule has 1 aliphatic rings. The van der Waals surface area contributed by atoms with Gasteiger partial charge in [-0.2, -0.15) is 0 Å². The van der Waals surface area contributed by atoms with Gasteiger partial charge in [0.05, 0.1) is 5.71 Å². The minimum absolute atomic E-state index is 0.0919. The highest BCUT2D eigenvalue weighted by Crippen LogP contribution is 2.17. The van der Waals surface area contributed by atoms with Crippen LogP contribution in [0.15, 0.2) is 29.4 Å².